The second-order valence-corrected chi connectivity index (χ2v) is 7.18. The molecule has 0 aliphatic carbocycles. The monoisotopic (exact) mass is 275 g/mol. The van der Waals surface area contributed by atoms with Gasteiger partial charge in [-0.1, -0.05) is 51.2 Å². The van der Waals surface area contributed by atoms with Crippen LogP contribution in [0.15, 0.2) is 18.2 Å². The molecule has 0 unspecified atom stereocenters. The first-order valence-electron chi connectivity index (χ1n) is 6.57. The molecule has 3 heteroatoms. The number of amides is 1. The van der Waals surface area contributed by atoms with E-state index in [1.165, 1.54) is 0 Å². The van der Waals surface area contributed by atoms with E-state index in [0.29, 0.717) is 4.99 Å². The lowest BCUT2D eigenvalue weighted by atomic mass is 9.86. The van der Waals surface area contributed by atoms with Crippen molar-refractivity contribution >= 4 is 28.8 Å². The highest BCUT2D eigenvalue weighted by molar-refractivity contribution is 7.81. The molecule has 102 valence electrons. The van der Waals surface area contributed by atoms with Crippen LogP contribution in [0.5, 0.6) is 0 Å². The molecule has 2 nitrogen and oxygen atoms in total. The number of fused-ring (bicyclic) bond motifs is 1. The van der Waals surface area contributed by atoms with Crippen molar-refractivity contribution in [1.29, 1.82) is 0 Å². The average Bonchev–Trinajstić information content (AvgIpc) is 2.48. The van der Waals surface area contributed by atoms with Gasteiger partial charge in [0.1, 0.15) is 0 Å². The molecular weight excluding hydrogens is 254 g/mol. The van der Waals surface area contributed by atoms with E-state index in [1.807, 2.05) is 39.8 Å². The Balaban J connectivity index is 2.68. The van der Waals surface area contributed by atoms with Crippen LogP contribution in [0.25, 0.3) is 0 Å². The largest absolute Gasteiger partial charge is 0.273 e. The summed E-state index contributed by atoms with van der Waals surface area (Å²) in [5.41, 5.74) is 2.53. The number of carbonyl (C=O) groups is 1. The molecule has 0 bridgehead atoms. The second-order valence-electron chi connectivity index (χ2n) is 6.79. The van der Waals surface area contributed by atoms with Gasteiger partial charge >= 0.3 is 0 Å². The smallest absolute Gasteiger partial charge is 0.237 e. The molecule has 0 N–H and O–H groups in total. The average molecular weight is 275 g/mol. The predicted molar refractivity (Wildman–Crippen MR) is 83.7 cm³/mol. The molecule has 19 heavy (non-hydrogen) atoms. The molecular formula is C16H21NOS. The highest BCUT2D eigenvalue weighted by Crippen LogP contribution is 2.45. The maximum Gasteiger partial charge on any atom is 0.237 e. The minimum Gasteiger partial charge on any atom is -0.273 e. The Hall–Kier alpha value is -1.22. The summed E-state index contributed by atoms with van der Waals surface area (Å²) in [6, 6.07) is 6.14. The van der Waals surface area contributed by atoms with Gasteiger partial charge in [0.2, 0.25) is 5.91 Å². The molecule has 0 radical (unpaired) electrons. The maximum absolute atomic E-state index is 12.7. The Labute approximate surface area is 120 Å². The quantitative estimate of drug-likeness (QED) is 0.667. The normalized spacial score (nSPS) is 17.6. The zero-order valence-corrected chi connectivity index (χ0v) is 13.3. The van der Waals surface area contributed by atoms with Crippen LogP contribution >= 0.6 is 12.2 Å². The zero-order chi connectivity index (χ0) is 14.6. The molecule has 1 aliphatic rings. The first kappa shape index (κ1) is 14.2. The molecule has 1 aromatic rings. The Morgan fingerprint density at radius 3 is 2.37 bits per heavy atom. The topological polar surface area (TPSA) is 20.3 Å². The van der Waals surface area contributed by atoms with Crippen molar-refractivity contribution in [3.05, 3.63) is 29.3 Å². The van der Waals surface area contributed by atoms with Gasteiger partial charge < -0.3 is 0 Å². The minimum atomic E-state index is -0.440. The number of para-hydroxylation sites is 1. The van der Waals surface area contributed by atoms with E-state index in [9.17, 15) is 4.79 Å². The molecule has 0 aromatic heterocycles. The van der Waals surface area contributed by atoms with Gasteiger partial charge in [-0.3, -0.25) is 9.69 Å². The van der Waals surface area contributed by atoms with E-state index in [1.54, 1.807) is 4.90 Å². The van der Waals surface area contributed by atoms with Crippen molar-refractivity contribution < 1.29 is 4.79 Å². The Morgan fingerprint density at radius 1 is 1.26 bits per heavy atom. The van der Waals surface area contributed by atoms with E-state index in [4.69, 9.17) is 12.2 Å². The van der Waals surface area contributed by atoms with Crippen molar-refractivity contribution in [1.82, 2.24) is 0 Å². The number of rotatable bonds is 0. The maximum atomic E-state index is 12.7. The van der Waals surface area contributed by atoms with Gasteiger partial charge in [0.05, 0.1) is 10.7 Å². The summed E-state index contributed by atoms with van der Waals surface area (Å²) in [5.74, 6) is 0.0682. The van der Waals surface area contributed by atoms with Crippen LogP contribution in [0, 0.1) is 12.3 Å². The fourth-order valence-electron chi connectivity index (χ4n) is 2.49. The SMILES string of the molecule is Cc1cccc2c1N(C(=O)C(C)(C)C)C(=S)C2(C)C. The van der Waals surface area contributed by atoms with Gasteiger partial charge in [-0.15, -0.1) is 0 Å². The molecule has 1 aromatic carbocycles. The summed E-state index contributed by atoms with van der Waals surface area (Å²) >= 11 is 5.59. The zero-order valence-electron chi connectivity index (χ0n) is 12.5. The van der Waals surface area contributed by atoms with Gasteiger partial charge in [-0.05, 0) is 31.9 Å². The summed E-state index contributed by atoms with van der Waals surface area (Å²) in [7, 11) is 0. The second kappa shape index (κ2) is 4.14. The summed E-state index contributed by atoms with van der Waals surface area (Å²) < 4.78 is 0. The minimum absolute atomic E-state index is 0.0682. The Bertz CT molecular complexity index is 559. The number of anilines is 1. The van der Waals surface area contributed by atoms with Crippen molar-refractivity contribution in [2.75, 3.05) is 4.90 Å². The van der Waals surface area contributed by atoms with Crippen LogP contribution in [0.3, 0.4) is 0 Å². The van der Waals surface area contributed by atoms with Crippen molar-refractivity contribution in [3.8, 4) is 0 Å². The predicted octanol–water partition coefficient (Wildman–Crippen LogP) is 3.99. The molecule has 1 aliphatic heterocycles. The van der Waals surface area contributed by atoms with Gasteiger partial charge in [-0.25, -0.2) is 0 Å². The van der Waals surface area contributed by atoms with Gasteiger partial charge in [0.15, 0.2) is 0 Å². The molecule has 0 saturated heterocycles. The molecule has 0 fully saturated rings. The lowest BCUT2D eigenvalue weighted by molar-refractivity contribution is -0.124. The van der Waals surface area contributed by atoms with Gasteiger partial charge in [0.25, 0.3) is 0 Å². The van der Waals surface area contributed by atoms with E-state index < -0.39 is 5.41 Å². The van der Waals surface area contributed by atoms with Crippen LogP contribution in [-0.4, -0.2) is 10.9 Å². The number of hydrogen-bond acceptors (Lipinski definition) is 2. The Kier molecular flexibility index (Phi) is 3.09. The molecule has 0 atom stereocenters. The fraction of sp³-hybridized carbons (Fsp3) is 0.500. The third-order valence-electron chi connectivity index (χ3n) is 3.72. The van der Waals surface area contributed by atoms with Crippen LogP contribution in [0.4, 0.5) is 5.69 Å². The van der Waals surface area contributed by atoms with Crippen LogP contribution < -0.4 is 4.90 Å². The molecule has 2 rings (SSSR count). The van der Waals surface area contributed by atoms with E-state index in [2.05, 4.69) is 19.9 Å². The summed E-state index contributed by atoms with van der Waals surface area (Å²) in [4.78, 5) is 15.2. The lowest BCUT2D eigenvalue weighted by Crippen LogP contribution is -2.44. The van der Waals surface area contributed by atoms with Crippen molar-refractivity contribution in [2.45, 2.75) is 47.0 Å². The molecule has 1 heterocycles. The standard InChI is InChI=1S/C16H21NOS/c1-10-8-7-9-11-12(10)17(13(18)15(2,3)4)14(19)16(11,5)6/h7-9H,1-6H3. The van der Waals surface area contributed by atoms with E-state index in [-0.39, 0.29) is 11.3 Å². The lowest BCUT2D eigenvalue weighted by Gasteiger charge is -2.28. The number of thiocarbonyl (C=S) groups is 1. The van der Waals surface area contributed by atoms with Gasteiger partial charge in [-0.2, -0.15) is 0 Å². The van der Waals surface area contributed by atoms with Crippen LogP contribution in [0.1, 0.15) is 45.7 Å². The van der Waals surface area contributed by atoms with Crippen LogP contribution in [-0.2, 0) is 10.2 Å². The number of benzene rings is 1. The van der Waals surface area contributed by atoms with Crippen molar-refractivity contribution in [2.24, 2.45) is 5.41 Å². The van der Waals surface area contributed by atoms with Crippen molar-refractivity contribution in [3.63, 3.8) is 0 Å². The molecule has 0 spiro atoms. The third kappa shape index (κ3) is 2.00. The summed E-state index contributed by atoms with van der Waals surface area (Å²) in [6.45, 7) is 12.0. The molecule has 0 saturated carbocycles. The number of nitrogens with zero attached hydrogens (tertiary/aromatic N) is 1. The van der Waals surface area contributed by atoms with E-state index in [0.717, 1.165) is 16.8 Å². The summed E-state index contributed by atoms with van der Waals surface area (Å²) in [5, 5.41) is 0. The molecule has 1 amide bonds. The van der Waals surface area contributed by atoms with Gasteiger partial charge in [0, 0.05) is 10.8 Å². The highest BCUT2D eigenvalue weighted by atomic mass is 32.1. The van der Waals surface area contributed by atoms with E-state index >= 15 is 0 Å². The number of hydrogen-bond donors (Lipinski definition) is 0. The number of carbonyl (C=O) groups excluding carboxylic acids is 1. The number of aryl methyl sites for hydroxylation is 1. The Morgan fingerprint density at radius 2 is 1.84 bits per heavy atom. The first-order valence-corrected chi connectivity index (χ1v) is 6.98. The highest BCUT2D eigenvalue weighted by Gasteiger charge is 2.46. The first-order chi connectivity index (χ1) is 8.58. The summed E-state index contributed by atoms with van der Waals surface area (Å²) in [6.07, 6.45) is 0. The van der Waals surface area contributed by atoms with Crippen LogP contribution in [0.2, 0.25) is 0 Å². The third-order valence-corrected chi connectivity index (χ3v) is 4.41. The fourth-order valence-corrected chi connectivity index (χ4v) is 2.77.